The Labute approximate surface area is 118 Å². The summed E-state index contributed by atoms with van der Waals surface area (Å²) < 4.78 is 0. The molecular formula is C14H20N4O2. The van der Waals surface area contributed by atoms with E-state index in [-0.39, 0.29) is 5.91 Å². The Hall–Kier alpha value is -2.08. The molecule has 1 fully saturated rings. The summed E-state index contributed by atoms with van der Waals surface area (Å²) in [5.41, 5.74) is 6.59. The van der Waals surface area contributed by atoms with Gasteiger partial charge in [0, 0.05) is 37.8 Å². The molecule has 1 aromatic carbocycles. The number of urea groups is 1. The van der Waals surface area contributed by atoms with E-state index in [1.54, 1.807) is 12.1 Å². The summed E-state index contributed by atoms with van der Waals surface area (Å²) in [6.45, 7) is 4.72. The van der Waals surface area contributed by atoms with Crippen molar-refractivity contribution in [3.8, 4) is 0 Å². The van der Waals surface area contributed by atoms with Crippen LogP contribution in [0.1, 0.15) is 22.8 Å². The summed E-state index contributed by atoms with van der Waals surface area (Å²) in [5, 5.41) is 5.82. The van der Waals surface area contributed by atoms with E-state index in [0.717, 1.165) is 25.2 Å². The third kappa shape index (κ3) is 3.71. The quantitative estimate of drug-likeness (QED) is 0.741. The first-order chi connectivity index (χ1) is 9.56. The Morgan fingerprint density at radius 2 is 2.10 bits per heavy atom. The van der Waals surface area contributed by atoms with Crippen LogP contribution in [-0.2, 0) is 6.54 Å². The number of nitrogens with zero attached hydrogens (tertiary/aromatic N) is 1. The second-order valence-electron chi connectivity index (χ2n) is 5.02. The second kappa shape index (κ2) is 6.38. The molecule has 1 aliphatic rings. The first-order valence-electron chi connectivity index (χ1n) is 6.71. The van der Waals surface area contributed by atoms with Crippen molar-refractivity contribution in [2.45, 2.75) is 19.5 Å². The second-order valence-corrected chi connectivity index (χ2v) is 5.02. The van der Waals surface area contributed by atoms with Crippen molar-refractivity contribution in [2.24, 2.45) is 5.73 Å². The Morgan fingerprint density at radius 1 is 1.40 bits per heavy atom. The summed E-state index contributed by atoms with van der Waals surface area (Å²) >= 11 is 0. The molecule has 0 aromatic heterocycles. The average molecular weight is 276 g/mol. The van der Waals surface area contributed by atoms with Gasteiger partial charge in [0.15, 0.2) is 0 Å². The van der Waals surface area contributed by atoms with Crippen LogP contribution in [0.2, 0.25) is 0 Å². The van der Waals surface area contributed by atoms with E-state index in [4.69, 9.17) is 5.73 Å². The number of carbonyl (C=O) groups is 2. The standard InChI is InChI=1S/C14H20N4O2/c1-10-9-18(7-6-16-10)13(19)12-4-2-11(3-5-12)8-17-14(15)20/h2-5,10,16H,6-9H2,1H3,(H3,15,17,20)/t10-/m1/s1. The maximum Gasteiger partial charge on any atom is 0.312 e. The lowest BCUT2D eigenvalue weighted by Crippen LogP contribution is -2.51. The lowest BCUT2D eigenvalue weighted by molar-refractivity contribution is 0.0709. The molecule has 1 aromatic rings. The summed E-state index contributed by atoms with van der Waals surface area (Å²) in [7, 11) is 0. The normalized spacial score (nSPS) is 18.6. The Balaban J connectivity index is 1.98. The van der Waals surface area contributed by atoms with Crippen molar-refractivity contribution in [2.75, 3.05) is 19.6 Å². The van der Waals surface area contributed by atoms with Crippen LogP contribution in [0, 0.1) is 0 Å². The lowest BCUT2D eigenvalue weighted by Gasteiger charge is -2.32. The topological polar surface area (TPSA) is 87.5 Å². The van der Waals surface area contributed by atoms with Crippen molar-refractivity contribution in [3.63, 3.8) is 0 Å². The summed E-state index contributed by atoms with van der Waals surface area (Å²) in [6.07, 6.45) is 0. The Morgan fingerprint density at radius 3 is 2.70 bits per heavy atom. The minimum absolute atomic E-state index is 0.0489. The Bertz CT molecular complexity index is 486. The average Bonchev–Trinajstić information content (AvgIpc) is 2.45. The van der Waals surface area contributed by atoms with Gasteiger partial charge in [-0.2, -0.15) is 0 Å². The minimum atomic E-state index is -0.556. The first-order valence-corrected chi connectivity index (χ1v) is 6.71. The zero-order chi connectivity index (χ0) is 14.5. The minimum Gasteiger partial charge on any atom is -0.352 e. The summed E-state index contributed by atoms with van der Waals surface area (Å²) in [4.78, 5) is 24.8. The van der Waals surface area contributed by atoms with Gasteiger partial charge in [0.25, 0.3) is 5.91 Å². The van der Waals surface area contributed by atoms with Crippen molar-refractivity contribution in [1.82, 2.24) is 15.5 Å². The van der Waals surface area contributed by atoms with Gasteiger partial charge in [-0.3, -0.25) is 4.79 Å². The monoisotopic (exact) mass is 276 g/mol. The highest BCUT2D eigenvalue weighted by Crippen LogP contribution is 2.10. The first kappa shape index (κ1) is 14.3. The molecule has 1 aliphatic heterocycles. The van der Waals surface area contributed by atoms with Crippen LogP contribution in [-0.4, -0.2) is 42.5 Å². The van der Waals surface area contributed by atoms with Gasteiger partial charge in [-0.25, -0.2) is 4.79 Å². The van der Waals surface area contributed by atoms with Crippen molar-refractivity contribution in [1.29, 1.82) is 0 Å². The maximum absolute atomic E-state index is 12.3. The van der Waals surface area contributed by atoms with Gasteiger partial charge in [-0.1, -0.05) is 12.1 Å². The van der Waals surface area contributed by atoms with E-state index >= 15 is 0 Å². The predicted octanol–water partition coefficient (Wildman–Crippen LogP) is 0.289. The van der Waals surface area contributed by atoms with Gasteiger partial charge < -0.3 is 21.3 Å². The third-order valence-corrected chi connectivity index (χ3v) is 3.32. The number of benzene rings is 1. The van der Waals surface area contributed by atoms with Crippen LogP contribution in [0.5, 0.6) is 0 Å². The highest BCUT2D eigenvalue weighted by molar-refractivity contribution is 5.94. The molecule has 3 amide bonds. The number of hydrogen-bond acceptors (Lipinski definition) is 3. The fraction of sp³-hybridized carbons (Fsp3) is 0.429. The summed E-state index contributed by atoms with van der Waals surface area (Å²) in [6, 6.07) is 7.00. The van der Waals surface area contributed by atoms with E-state index in [0.29, 0.717) is 18.2 Å². The van der Waals surface area contributed by atoms with Crippen LogP contribution >= 0.6 is 0 Å². The van der Waals surface area contributed by atoms with Crippen LogP contribution in [0.3, 0.4) is 0 Å². The molecule has 0 saturated carbocycles. The number of piperazine rings is 1. The SMILES string of the molecule is C[C@@H]1CN(C(=O)c2ccc(CNC(N)=O)cc2)CCN1. The van der Waals surface area contributed by atoms with Gasteiger partial charge in [0.1, 0.15) is 0 Å². The van der Waals surface area contributed by atoms with Crippen LogP contribution in [0.25, 0.3) is 0 Å². The molecule has 0 bridgehead atoms. The number of hydrogen-bond donors (Lipinski definition) is 3. The number of amides is 3. The molecule has 6 heteroatoms. The van der Waals surface area contributed by atoms with Crippen LogP contribution in [0.15, 0.2) is 24.3 Å². The van der Waals surface area contributed by atoms with Crippen molar-refractivity contribution < 1.29 is 9.59 Å². The zero-order valence-electron chi connectivity index (χ0n) is 11.6. The van der Waals surface area contributed by atoms with E-state index in [2.05, 4.69) is 17.6 Å². The smallest absolute Gasteiger partial charge is 0.312 e. The molecule has 6 nitrogen and oxygen atoms in total. The molecule has 0 radical (unpaired) electrons. The number of nitrogens with two attached hydrogens (primary N) is 1. The predicted molar refractivity (Wildman–Crippen MR) is 76.2 cm³/mol. The third-order valence-electron chi connectivity index (χ3n) is 3.32. The molecule has 4 N–H and O–H groups in total. The van der Waals surface area contributed by atoms with Gasteiger partial charge in [0.2, 0.25) is 0 Å². The summed E-state index contributed by atoms with van der Waals surface area (Å²) in [5.74, 6) is 0.0489. The fourth-order valence-corrected chi connectivity index (χ4v) is 2.25. The largest absolute Gasteiger partial charge is 0.352 e. The molecular weight excluding hydrogens is 256 g/mol. The van der Waals surface area contributed by atoms with Gasteiger partial charge in [0.05, 0.1) is 0 Å². The van der Waals surface area contributed by atoms with E-state index in [1.165, 1.54) is 0 Å². The molecule has 0 spiro atoms. The maximum atomic E-state index is 12.3. The molecule has 0 unspecified atom stereocenters. The van der Waals surface area contributed by atoms with E-state index in [1.807, 2.05) is 17.0 Å². The highest BCUT2D eigenvalue weighted by atomic mass is 16.2. The Kier molecular flexibility index (Phi) is 4.57. The van der Waals surface area contributed by atoms with Crippen molar-refractivity contribution >= 4 is 11.9 Å². The van der Waals surface area contributed by atoms with Crippen molar-refractivity contribution in [3.05, 3.63) is 35.4 Å². The molecule has 2 rings (SSSR count). The number of primary amides is 1. The van der Waals surface area contributed by atoms with Gasteiger partial charge in [-0.15, -0.1) is 0 Å². The molecule has 1 saturated heterocycles. The van der Waals surface area contributed by atoms with Gasteiger partial charge in [-0.05, 0) is 24.6 Å². The van der Waals surface area contributed by atoms with Gasteiger partial charge >= 0.3 is 6.03 Å². The molecule has 0 aliphatic carbocycles. The molecule has 1 atom stereocenters. The van der Waals surface area contributed by atoms with Crippen LogP contribution in [0.4, 0.5) is 4.79 Å². The highest BCUT2D eigenvalue weighted by Gasteiger charge is 2.21. The fourth-order valence-electron chi connectivity index (χ4n) is 2.25. The number of nitrogens with one attached hydrogen (secondary N) is 2. The van der Waals surface area contributed by atoms with Crippen LogP contribution < -0.4 is 16.4 Å². The molecule has 108 valence electrons. The zero-order valence-corrected chi connectivity index (χ0v) is 11.6. The van der Waals surface area contributed by atoms with E-state index < -0.39 is 6.03 Å². The molecule has 1 heterocycles. The lowest BCUT2D eigenvalue weighted by atomic mass is 10.1. The number of rotatable bonds is 3. The number of carbonyl (C=O) groups excluding carboxylic acids is 2. The van der Waals surface area contributed by atoms with E-state index in [9.17, 15) is 9.59 Å². The molecule has 20 heavy (non-hydrogen) atoms.